The highest BCUT2D eigenvalue weighted by molar-refractivity contribution is 9.10. The predicted octanol–water partition coefficient (Wildman–Crippen LogP) is 3.80. The standard InChI is InChI=1S/C19H22BrN3O3/c1-13(14-6-4-7-15(20)10-14)21-19(25)22-16-8-5-9-17(11-16)26-12-18(24)23(2)3/h4-11,13H,12H2,1-3H3,(H2,21,22,25). The molecule has 0 aliphatic rings. The Bertz CT molecular complexity index is 780. The van der Waals surface area contributed by atoms with Crippen LogP contribution in [0.1, 0.15) is 18.5 Å². The van der Waals surface area contributed by atoms with Crippen LogP contribution in [-0.4, -0.2) is 37.5 Å². The largest absolute Gasteiger partial charge is 0.484 e. The minimum atomic E-state index is -0.320. The zero-order chi connectivity index (χ0) is 19.1. The molecule has 2 N–H and O–H groups in total. The third-order valence-electron chi connectivity index (χ3n) is 3.65. The van der Waals surface area contributed by atoms with E-state index in [4.69, 9.17) is 4.74 Å². The monoisotopic (exact) mass is 419 g/mol. The van der Waals surface area contributed by atoms with Crippen LogP contribution < -0.4 is 15.4 Å². The number of hydrogen-bond donors (Lipinski definition) is 2. The number of likely N-dealkylation sites (N-methyl/N-ethyl adjacent to an activating group) is 1. The van der Waals surface area contributed by atoms with E-state index in [0.717, 1.165) is 10.0 Å². The first kappa shape index (κ1) is 19.8. The summed E-state index contributed by atoms with van der Waals surface area (Å²) < 4.78 is 6.41. The fourth-order valence-corrected chi connectivity index (χ4v) is 2.58. The average Bonchev–Trinajstić information content (AvgIpc) is 2.59. The zero-order valence-corrected chi connectivity index (χ0v) is 16.5. The molecule has 0 saturated carbocycles. The molecule has 0 heterocycles. The number of halogens is 1. The van der Waals surface area contributed by atoms with Gasteiger partial charge in [0.1, 0.15) is 5.75 Å². The Hall–Kier alpha value is -2.54. The minimum Gasteiger partial charge on any atom is -0.484 e. The number of amides is 3. The Morgan fingerprint density at radius 2 is 1.88 bits per heavy atom. The summed E-state index contributed by atoms with van der Waals surface area (Å²) in [4.78, 5) is 25.2. The summed E-state index contributed by atoms with van der Waals surface area (Å²) in [5, 5.41) is 5.65. The number of urea groups is 1. The van der Waals surface area contributed by atoms with Gasteiger partial charge in [0.15, 0.2) is 6.61 Å². The Morgan fingerprint density at radius 3 is 2.58 bits per heavy atom. The third kappa shape index (κ3) is 6.07. The minimum absolute atomic E-state index is 0.0530. The van der Waals surface area contributed by atoms with E-state index < -0.39 is 0 Å². The lowest BCUT2D eigenvalue weighted by Gasteiger charge is -2.16. The average molecular weight is 420 g/mol. The molecule has 138 valence electrons. The number of nitrogens with zero attached hydrogens (tertiary/aromatic N) is 1. The van der Waals surface area contributed by atoms with Crippen LogP contribution in [0.3, 0.4) is 0 Å². The summed E-state index contributed by atoms with van der Waals surface area (Å²) in [6.07, 6.45) is 0. The molecule has 1 unspecified atom stereocenters. The third-order valence-corrected chi connectivity index (χ3v) is 4.14. The Balaban J connectivity index is 1.92. The van der Waals surface area contributed by atoms with Crippen LogP contribution in [0.15, 0.2) is 53.0 Å². The Kier molecular flexibility index (Phi) is 7.03. The first-order valence-electron chi connectivity index (χ1n) is 8.11. The van der Waals surface area contributed by atoms with Gasteiger partial charge in [-0.25, -0.2) is 4.79 Å². The van der Waals surface area contributed by atoms with Crippen molar-refractivity contribution < 1.29 is 14.3 Å². The van der Waals surface area contributed by atoms with E-state index >= 15 is 0 Å². The van der Waals surface area contributed by atoms with Crippen LogP contribution in [0.25, 0.3) is 0 Å². The lowest BCUT2D eigenvalue weighted by Crippen LogP contribution is -2.31. The molecule has 7 heteroatoms. The van der Waals surface area contributed by atoms with Gasteiger partial charge < -0.3 is 20.3 Å². The van der Waals surface area contributed by atoms with Gasteiger partial charge in [-0.15, -0.1) is 0 Å². The van der Waals surface area contributed by atoms with Crippen molar-refractivity contribution in [3.8, 4) is 5.75 Å². The van der Waals surface area contributed by atoms with Gasteiger partial charge in [-0.05, 0) is 36.8 Å². The van der Waals surface area contributed by atoms with Gasteiger partial charge in [0.2, 0.25) is 0 Å². The number of carbonyl (C=O) groups is 2. The summed E-state index contributed by atoms with van der Waals surface area (Å²) >= 11 is 3.42. The highest BCUT2D eigenvalue weighted by Gasteiger charge is 2.11. The van der Waals surface area contributed by atoms with Crippen LogP contribution in [0, 0.1) is 0 Å². The number of rotatable bonds is 6. The summed E-state index contributed by atoms with van der Waals surface area (Å²) in [6, 6.07) is 14.2. The SMILES string of the molecule is CC(NC(=O)Nc1cccc(OCC(=O)N(C)C)c1)c1cccc(Br)c1. The van der Waals surface area contributed by atoms with E-state index in [-0.39, 0.29) is 24.6 Å². The second-order valence-electron chi connectivity index (χ2n) is 5.98. The van der Waals surface area contributed by atoms with E-state index in [0.29, 0.717) is 11.4 Å². The molecule has 2 aromatic rings. The fourth-order valence-electron chi connectivity index (χ4n) is 2.16. The highest BCUT2D eigenvalue weighted by atomic mass is 79.9. The molecule has 2 rings (SSSR count). The topological polar surface area (TPSA) is 70.7 Å². The lowest BCUT2D eigenvalue weighted by atomic mass is 10.1. The van der Waals surface area contributed by atoms with Crippen molar-refractivity contribution in [2.75, 3.05) is 26.0 Å². The van der Waals surface area contributed by atoms with Crippen molar-refractivity contribution in [3.05, 3.63) is 58.6 Å². The van der Waals surface area contributed by atoms with E-state index in [1.165, 1.54) is 4.90 Å². The number of anilines is 1. The summed E-state index contributed by atoms with van der Waals surface area (Å²) in [5.74, 6) is 0.377. The van der Waals surface area contributed by atoms with Crippen LogP contribution in [0.5, 0.6) is 5.75 Å². The van der Waals surface area contributed by atoms with Gasteiger partial charge in [0.25, 0.3) is 5.91 Å². The molecule has 0 bridgehead atoms. The summed E-state index contributed by atoms with van der Waals surface area (Å²) in [7, 11) is 3.33. The number of benzene rings is 2. The number of ether oxygens (including phenoxy) is 1. The molecule has 0 aromatic heterocycles. The first-order valence-corrected chi connectivity index (χ1v) is 8.90. The highest BCUT2D eigenvalue weighted by Crippen LogP contribution is 2.19. The molecule has 0 radical (unpaired) electrons. The molecule has 0 aliphatic heterocycles. The molecule has 3 amide bonds. The number of nitrogens with one attached hydrogen (secondary N) is 2. The van der Waals surface area contributed by atoms with Crippen LogP contribution >= 0.6 is 15.9 Å². The normalized spacial score (nSPS) is 11.4. The maximum atomic E-state index is 12.2. The van der Waals surface area contributed by atoms with Gasteiger partial charge in [-0.2, -0.15) is 0 Å². The molecule has 0 spiro atoms. The Morgan fingerprint density at radius 1 is 1.15 bits per heavy atom. The van der Waals surface area contributed by atoms with Gasteiger partial charge in [-0.3, -0.25) is 4.79 Å². The van der Waals surface area contributed by atoms with Gasteiger partial charge in [-0.1, -0.05) is 34.1 Å². The maximum absolute atomic E-state index is 12.2. The van der Waals surface area contributed by atoms with E-state index in [1.807, 2.05) is 31.2 Å². The van der Waals surface area contributed by atoms with Gasteiger partial charge in [0, 0.05) is 30.3 Å². The number of hydrogen-bond acceptors (Lipinski definition) is 3. The van der Waals surface area contributed by atoms with E-state index in [1.54, 1.807) is 38.4 Å². The van der Waals surface area contributed by atoms with Crippen LogP contribution in [0.2, 0.25) is 0 Å². The smallest absolute Gasteiger partial charge is 0.319 e. The van der Waals surface area contributed by atoms with Gasteiger partial charge >= 0.3 is 6.03 Å². The second kappa shape index (κ2) is 9.24. The van der Waals surface area contributed by atoms with Crippen molar-refractivity contribution in [2.24, 2.45) is 0 Å². The summed E-state index contributed by atoms with van der Waals surface area (Å²) in [5.41, 5.74) is 1.58. The maximum Gasteiger partial charge on any atom is 0.319 e. The fraction of sp³-hybridized carbons (Fsp3) is 0.263. The number of carbonyl (C=O) groups excluding carboxylic acids is 2. The van der Waals surface area contributed by atoms with Crippen molar-refractivity contribution in [3.63, 3.8) is 0 Å². The molecular weight excluding hydrogens is 398 g/mol. The molecular formula is C19H22BrN3O3. The second-order valence-corrected chi connectivity index (χ2v) is 6.90. The van der Waals surface area contributed by atoms with Gasteiger partial charge in [0.05, 0.1) is 6.04 Å². The molecule has 0 fully saturated rings. The van der Waals surface area contributed by atoms with Crippen molar-refractivity contribution in [2.45, 2.75) is 13.0 Å². The lowest BCUT2D eigenvalue weighted by molar-refractivity contribution is -0.130. The zero-order valence-electron chi connectivity index (χ0n) is 15.0. The summed E-state index contributed by atoms with van der Waals surface area (Å²) in [6.45, 7) is 1.86. The van der Waals surface area contributed by atoms with Crippen molar-refractivity contribution in [1.29, 1.82) is 0 Å². The van der Waals surface area contributed by atoms with E-state index in [9.17, 15) is 9.59 Å². The molecule has 0 saturated heterocycles. The first-order chi connectivity index (χ1) is 12.3. The quantitative estimate of drug-likeness (QED) is 0.747. The molecule has 26 heavy (non-hydrogen) atoms. The van der Waals surface area contributed by atoms with Crippen molar-refractivity contribution in [1.82, 2.24) is 10.2 Å². The Labute approximate surface area is 161 Å². The molecule has 6 nitrogen and oxygen atoms in total. The van der Waals surface area contributed by atoms with E-state index in [2.05, 4.69) is 26.6 Å². The predicted molar refractivity (Wildman–Crippen MR) is 105 cm³/mol. The molecule has 1 atom stereocenters. The van der Waals surface area contributed by atoms with Crippen LogP contribution in [0.4, 0.5) is 10.5 Å². The molecule has 0 aliphatic carbocycles. The molecule has 2 aromatic carbocycles. The van der Waals surface area contributed by atoms with Crippen molar-refractivity contribution >= 4 is 33.6 Å². The van der Waals surface area contributed by atoms with Crippen LogP contribution in [-0.2, 0) is 4.79 Å².